The van der Waals surface area contributed by atoms with E-state index in [-0.39, 0.29) is 18.7 Å². The molecule has 2 aromatic rings. The summed E-state index contributed by atoms with van der Waals surface area (Å²) >= 11 is 0. The van der Waals surface area contributed by atoms with E-state index in [2.05, 4.69) is 15.3 Å². The Morgan fingerprint density at radius 1 is 1.00 bits per heavy atom. The maximum absolute atomic E-state index is 12.7. The van der Waals surface area contributed by atoms with Crippen molar-refractivity contribution in [1.29, 1.82) is 0 Å². The van der Waals surface area contributed by atoms with E-state index in [1.165, 1.54) is 12.3 Å². The molecule has 10 heteroatoms. The SMILES string of the molecule is O=C(NCc1ccccn1)c1cc(C(F)(F)F)nc(C(F)(F)F)c1. The standard InChI is InChI=1S/C14H9F6N3O/c15-13(16,17)10-5-8(6-11(23-10)14(18,19)20)12(24)22-7-9-3-1-2-4-21-9/h1-6H,7H2,(H,22,24). The van der Waals surface area contributed by atoms with Crippen LogP contribution < -0.4 is 5.32 Å². The molecule has 1 N–H and O–H groups in total. The summed E-state index contributed by atoms with van der Waals surface area (Å²) in [6, 6.07) is 5.30. The van der Waals surface area contributed by atoms with Crippen molar-refractivity contribution in [3.63, 3.8) is 0 Å². The van der Waals surface area contributed by atoms with Crippen LogP contribution in [0.5, 0.6) is 0 Å². The third-order valence-electron chi connectivity index (χ3n) is 2.82. The van der Waals surface area contributed by atoms with E-state index >= 15 is 0 Å². The Balaban J connectivity index is 2.29. The van der Waals surface area contributed by atoms with Gasteiger partial charge in [-0.05, 0) is 24.3 Å². The Hall–Kier alpha value is -2.65. The minimum absolute atomic E-state index is 0.148. The molecule has 128 valence electrons. The molecule has 0 saturated heterocycles. The van der Waals surface area contributed by atoms with E-state index < -0.39 is 35.2 Å². The lowest BCUT2D eigenvalue weighted by molar-refractivity contribution is -0.150. The molecule has 2 heterocycles. The van der Waals surface area contributed by atoms with Crippen LogP contribution in [0.15, 0.2) is 36.5 Å². The second-order valence-corrected chi connectivity index (χ2v) is 4.63. The second kappa shape index (κ2) is 6.46. The van der Waals surface area contributed by atoms with Crippen molar-refractivity contribution in [3.8, 4) is 0 Å². The molecule has 0 saturated carbocycles. The van der Waals surface area contributed by atoms with Gasteiger partial charge in [0.15, 0.2) is 0 Å². The van der Waals surface area contributed by atoms with E-state index in [4.69, 9.17) is 0 Å². The molecule has 4 nitrogen and oxygen atoms in total. The molecule has 0 aromatic carbocycles. The third-order valence-corrected chi connectivity index (χ3v) is 2.82. The van der Waals surface area contributed by atoms with Crippen molar-refractivity contribution in [2.45, 2.75) is 18.9 Å². The number of nitrogens with one attached hydrogen (secondary N) is 1. The van der Waals surface area contributed by atoms with Gasteiger partial charge in [-0.1, -0.05) is 6.07 Å². The van der Waals surface area contributed by atoms with Gasteiger partial charge in [0.25, 0.3) is 5.91 Å². The zero-order chi connectivity index (χ0) is 18.0. The van der Waals surface area contributed by atoms with Crippen LogP contribution in [0.3, 0.4) is 0 Å². The summed E-state index contributed by atoms with van der Waals surface area (Å²) in [5.74, 6) is -1.10. The van der Waals surface area contributed by atoms with Gasteiger partial charge < -0.3 is 5.32 Å². The molecule has 1 amide bonds. The number of alkyl halides is 6. The third kappa shape index (κ3) is 4.43. The predicted octanol–water partition coefficient (Wildman–Crippen LogP) is 3.44. The summed E-state index contributed by atoms with van der Waals surface area (Å²) in [5, 5.41) is 2.21. The predicted molar refractivity (Wildman–Crippen MR) is 69.6 cm³/mol. The summed E-state index contributed by atoms with van der Waals surface area (Å²) in [6.45, 7) is -0.148. The van der Waals surface area contributed by atoms with E-state index in [1.807, 2.05) is 0 Å². The Labute approximate surface area is 131 Å². The molecule has 24 heavy (non-hydrogen) atoms. The van der Waals surface area contributed by atoms with Crippen LogP contribution in [0, 0.1) is 0 Å². The number of hydrogen-bond donors (Lipinski definition) is 1. The van der Waals surface area contributed by atoms with Gasteiger partial charge in [-0.25, -0.2) is 4.98 Å². The van der Waals surface area contributed by atoms with Crippen LogP contribution in [0.1, 0.15) is 27.4 Å². The van der Waals surface area contributed by atoms with Crippen LogP contribution in [-0.2, 0) is 18.9 Å². The molecule has 0 fully saturated rings. The van der Waals surface area contributed by atoms with Crippen LogP contribution in [0.25, 0.3) is 0 Å². The fourth-order valence-electron chi connectivity index (χ4n) is 1.73. The number of hydrogen-bond acceptors (Lipinski definition) is 3. The first kappa shape index (κ1) is 17.7. The van der Waals surface area contributed by atoms with Crippen molar-refractivity contribution < 1.29 is 31.1 Å². The summed E-state index contributed by atoms with van der Waals surface area (Å²) < 4.78 is 76.1. The molecular weight excluding hydrogens is 340 g/mol. The number of nitrogens with zero attached hydrogens (tertiary/aromatic N) is 2. The molecule has 0 radical (unpaired) electrons. The number of pyridine rings is 2. The Bertz CT molecular complexity index is 695. The Morgan fingerprint density at radius 3 is 2.04 bits per heavy atom. The lowest BCUT2D eigenvalue weighted by atomic mass is 10.1. The number of aromatic nitrogens is 2. The summed E-state index contributed by atoms with van der Waals surface area (Å²) in [4.78, 5) is 18.3. The van der Waals surface area contributed by atoms with Crippen LogP contribution >= 0.6 is 0 Å². The monoisotopic (exact) mass is 349 g/mol. The van der Waals surface area contributed by atoms with Gasteiger partial charge in [0.2, 0.25) is 0 Å². The maximum atomic E-state index is 12.7. The molecule has 0 aliphatic rings. The van der Waals surface area contributed by atoms with E-state index in [0.717, 1.165) is 0 Å². The highest BCUT2D eigenvalue weighted by Gasteiger charge is 2.39. The molecule has 0 aliphatic heterocycles. The molecular formula is C14H9F6N3O. The molecule has 2 rings (SSSR count). The first-order valence-corrected chi connectivity index (χ1v) is 6.42. The average Bonchev–Trinajstić information content (AvgIpc) is 2.51. The van der Waals surface area contributed by atoms with Gasteiger partial charge in [-0.2, -0.15) is 26.3 Å². The van der Waals surface area contributed by atoms with Crippen molar-refractivity contribution in [3.05, 3.63) is 59.2 Å². The number of carbonyl (C=O) groups is 1. The van der Waals surface area contributed by atoms with E-state index in [1.54, 1.807) is 12.1 Å². The number of carbonyl (C=O) groups excluding carboxylic acids is 1. The Kier molecular flexibility index (Phi) is 4.76. The van der Waals surface area contributed by atoms with Crippen LogP contribution in [-0.4, -0.2) is 15.9 Å². The zero-order valence-electron chi connectivity index (χ0n) is 11.7. The molecule has 2 aromatic heterocycles. The lowest BCUT2D eigenvalue weighted by Gasteiger charge is -2.13. The number of halogens is 6. The van der Waals surface area contributed by atoms with Crippen LogP contribution in [0.4, 0.5) is 26.3 Å². The smallest absolute Gasteiger partial charge is 0.346 e. The first-order chi connectivity index (χ1) is 11.1. The highest BCUT2D eigenvalue weighted by atomic mass is 19.4. The highest BCUT2D eigenvalue weighted by molar-refractivity contribution is 5.94. The molecule has 0 atom stereocenters. The molecule has 0 spiro atoms. The van der Waals surface area contributed by atoms with E-state index in [9.17, 15) is 31.1 Å². The lowest BCUT2D eigenvalue weighted by Crippen LogP contribution is -2.25. The normalized spacial score (nSPS) is 12.1. The molecule has 0 aliphatic carbocycles. The van der Waals surface area contributed by atoms with Crippen LogP contribution in [0.2, 0.25) is 0 Å². The zero-order valence-corrected chi connectivity index (χ0v) is 11.7. The topological polar surface area (TPSA) is 54.9 Å². The van der Waals surface area contributed by atoms with Gasteiger partial charge >= 0.3 is 12.4 Å². The van der Waals surface area contributed by atoms with Crippen molar-refractivity contribution in [1.82, 2.24) is 15.3 Å². The van der Waals surface area contributed by atoms with Gasteiger partial charge in [-0.15, -0.1) is 0 Å². The van der Waals surface area contributed by atoms with Crippen molar-refractivity contribution in [2.24, 2.45) is 0 Å². The largest absolute Gasteiger partial charge is 0.433 e. The van der Waals surface area contributed by atoms with E-state index in [0.29, 0.717) is 5.69 Å². The second-order valence-electron chi connectivity index (χ2n) is 4.63. The van der Waals surface area contributed by atoms with Gasteiger partial charge in [-0.3, -0.25) is 9.78 Å². The molecule has 0 bridgehead atoms. The number of amides is 1. The summed E-state index contributed by atoms with van der Waals surface area (Å²) in [6.07, 6.45) is -8.80. The first-order valence-electron chi connectivity index (χ1n) is 6.42. The minimum atomic E-state index is -5.11. The maximum Gasteiger partial charge on any atom is 0.433 e. The van der Waals surface area contributed by atoms with Gasteiger partial charge in [0, 0.05) is 11.8 Å². The van der Waals surface area contributed by atoms with Gasteiger partial charge in [0.05, 0.1) is 12.2 Å². The fourth-order valence-corrected chi connectivity index (χ4v) is 1.73. The van der Waals surface area contributed by atoms with Crippen molar-refractivity contribution >= 4 is 5.91 Å². The fraction of sp³-hybridized carbons (Fsp3) is 0.214. The molecule has 0 unspecified atom stereocenters. The minimum Gasteiger partial charge on any atom is -0.346 e. The summed E-state index contributed by atoms with van der Waals surface area (Å²) in [5.41, 5.74) is -3.98. The highest BCUT2D eigenvalue weighted by Crippen LogP contribution is 2.33. The van der Waals surface area contributed by atoms with Crippen molar-refractivity contribution in [2.75, 3.05) is 0 Å². The summed E-state index contributed by atoms with van der Waals surface area (Å²) in [7, 11) is 0. The average molecular weight is 349 g/mol. The number of rotatable bonds is 3. The Morgan fingerprint density at radius 2 is 1.58 bits per heavy atom. The van der Waals surface area contributed by atoms with Gasteiger partial charge in [0.1, 0.15) is 11.4 Å². The quantitative estimate of drug-likeness (QED) is 0.864.